The third-order valence-corrected chi connectivity index (χ3v) is 5.08. The fourth-order valence-electron chi connectivity index (χ4n) is 2.67. The van der Waals surface area contributed by atoms with E-state index in [0.29, 0.717) is 17.7 Å². The average Bonchev–Trinajstić information content (AvgIpc) is 2.55. The molecule has 0 saturated carbocycles. The molecule has 0 aliphatic carbocycles. The molecule has 2 rings (SSSR count). The summed E-state index contributed by atoms with van der Waals surface area (Å²) in [7, 11) is -3.67. The highest BCUT2D eigenvalue weighted by atomic mass is 32.2. The van der Waals surface area contributed by atoms with Crippen LogP contribution in [-0.4, -0.2) is 26.5 Å². The molecule has 144 valence electrons. The van der Waals surface area contributed by atoms with Crippen LogP contribution in [0.2, 0.25) is 0 Å². The molecule has 4 N–H and O–H groups in total. The van der Waals surface area contributed by atoms with Gasteiger partial charge in [-0.25, -0.2) is 8.42 Å². The molecule has 0 aliphatic heterocycles. The Morgan fingerprint density at radius 3 is 2.30 bits per heavy atom. The Morgan fingerprint density at radius 1 is 1.11 bits per heavy atom. The lowest BCUT2D eigenvalue weighted by Gasteiger charge is -2.15. The van der Waals surface area contributed by atoms with Crippen LogP contribution < -0.4 is 16.2 Å². The standard InChI is InChI=1S/C19H23N3O4S/c1-5-13-9-16(26-15-7-6-11(2)8-12(15)3)17(27(4,24)25)10-14(13)18(23)22-19(20)21/h6-10H,5H2,1-4H3,(H4,20,21,22,23). The van der Waals surface area contributed by atoms with E-state index in [1.807, 2.05) is 32.9 Å². The monoisotopic (exact) mass is 389 g/mol. The highest BCUT2D eigenvalue weighted by Gasteiger charge is 2.22. The Kier molecular flexibility index (Phi) is 5.90. The molecule has 1 amide bonds. The molecule has 0 aliphatic rings. The summed E-state index contributed by atoms with van der Waals surface area (Å²) in [6.07, 6.45) is 1.52. The van der Waals surface area contributed by atoms with Crippen molar-refractivity contribution in [2.24, 2.45) is 16.5 Å². The lowest BCUT2D eigenvalue weighted by Crippen LogP contribution is -2.24. The van der Waals surface area contributed by atoms with Gasteiger partial charge >= 0.3 is 0 Å². The van der Waals surface area contributed by atoms with Crippen LogP contribution in [0.25, 0.3) is 0 Å². The molecular formula is C19H23N3O4S. The Morgan fingerprint density at radius 2 is 1.78 bits per heavy atom. The molecule has 0 spiro atoms. The molecule has 7 nitrogen and oxygen atoms in total. The number of ether oxygens (including phenoxy) is 1. The van der Waals surface area contributed by atoms with Crippen molar-refractivity contribution in [1.29, 1.82) is 0 Å². The second kappa shape index (κ2) is 7.79. The van der Waals surface area contributed by atoms with Crippen LogP contribution in [0.1, 0.15) is 34.0 Å². The van der Waals surface area contributed by atoms with Gasteiger partial charge in [0.25, 0.3) is 5.91 Å². The lowest BCUT2D eigenvalue weighted by molar-refractivity contribution is 0.100. The van der Waals surface area contributed by atoms with Crippen LogP contribution in [-0.2, 0) is 16.3 Å². The maximum absolute atomic E-state index is 12.3. The number of aryl methyl sites for hydroxylation is 3. The van der Waals surface area contributed by atoms with Crippen molar-refractivity contribution in [2.45, 2.75) is 32.1 Å². The van der Waals surface area contributed by atoms with Gasteiger partial charge in [0, 0.05) is 11.8 Å². The number of hydrogen-bond donors (Lipinski definition) is 2. The molecule has 0 saturated heterocycles. The normalized spacial score (nSPS) is 11.1. The van der Waals surface area contributed by atoms with Gasteiger partial charge in [-0.1, -0.05) is 24.6 Å². The van der Waals surface area contributed by atoms with Crippen molar-refractivity contribution >= 4 is 21.7 Å². The molecule has 0 atom stereocenters. The van der Waals surface area contributed by atoms with Crippen molar-refractivity contribution in [3.05, 3.63) is 52.6 Å². The summed E-state index contributed by atoms with van der Waals surface area (Å²) in [6, 6.07) is 8.40. The summed E-state index contributed by atoms with van der Waals surface area (Å²) in [4.78, 5) is 15.7. The summed E-state index contributed by atoms with van der Waals surface area (Å²) in [5.41, 5.74) is 13.2. The van der Waals surface area contributed by atoms with Crippen LogP contribution in [0.4, 0.5) is 0 Å². The van der Waals surface area contributed by atoms with Crippen LogP contribution in [0.5, 0.6) is 11.5 Å². The predicted octanol–water partition coefficient (Wildman–Crippen LogP) is 2.48. The number of benzene rings is 2. The molecule has 0 fully saturated rings. The van der Waals surface area contributed by atoms with Crippen molar-refractivity contribution in [1.82, 2.24) is 0 Å². The number of hydrogen-bond acceptors (Lipinski definition) is 4. The third kappa shape index (κ3) is 4.85. The van der Waals surface area contributed by atoms with E-state index in [4.69, 9.17) is 16.2 Å². The number of carbonyl (C=O) groups excluding carboxylic acids is 1. The van der Waals surface area contributed by atoms with Gasteiger partial charge in [-0.15, -0.1) is 0 Å². The third-order valence-electron chi connectivity index (χ3n) is 3.96. The zero-order valence-corrected chi connectivity index (χ0v) is 16.6. The number of aliphatic imine (C=N–C) groups is 1. The minimum Gasteiger partial charge on any atom is -0.456 e. The van der Waals surface area contributed by atoms with E-state index in [0.717, 1.165) is 17.4 Å². The second-order valence-electron chi connectivity index (χ2n) is 6.29. The minimum atomic E-state index is -3.67. The number of guanidine groups is 1. The van der Waals surface area contributed by atoms with Gasteiger partial charge in [-0.05, 0) is 49.6 Å². The molecule has 27 heavy (non-hydrogen) atoms. The number of rotatable bonds is 5. The fourth-order valence-corrected chi connectivity index (χ4v) is 3.47. The molecule has 0 unspecified atom stereocenters. The zero-order chi connectivity index (χ0) is 20.4. The first-order chi connectivity index (χ1) is 12.5. The van der Waals surface area contributed by atoms with Gasteiger partial charge in [-0.2, -0.15) is 4.99 Å². The van der Waals surface area contributed by atoms with Gasteiger partial charge in [0.2, 0.25) is 0 Å². The van der Waals surface area contributed by atoms with Crippen LogP contribution in [0.15, 0.2) is 40.2 Å². The number of nitrogens with two attached hydrogens (primary N) is 2. The minimum absolute atomic E-state index is 0.103. The average molecular weight is 389 g/mol. The molecule has 0 bridgehead atoms. The van der Waals surface area contributed by atoms with Crippen LogP contribution in [0, 0.1) is 13.8 Å². The van der Waals surface area contributed by atoms with Gasteiger partial charge in [0.15, 0.2) is 15.8 Å². The van der Waals surface area contributed by atoms with Gasteiger partial charge in [0.1, 0.15) is 16.4 Å². The first-order valence-corrected chi connectivity index (χ1v) is 10.2. The highest BCUT2D eigenvalue weighted by Crippen LogP contribution is 2.34. The van der Waals surface area contributed by atoms with Crippen LogP contribution in [0.3, 0.4) is 0 Å². The quantitative estimate of drug-likeness (QED) is 0.598. The largest absolute Gasteiger partial charge is 0.456 e. The van der Waals surface area contributed by atoms with Crippen molar-refractivity contribution in [3.8, 4) is 11.5 Å². The summed E-state index contributed by atoms with van der Waals surface area (Å²) in [5.74, 6) is -0.396. The van der Waals surface area contributed by atoms with Gasteiger partial charge in [0.05, 0.1) is 0 Å². The number of sulfone groups is 1. The van der Waals surface area contributed by atoms with Crippen molar-refractivity contribution in [3.63, 3.8) is 0 Å². The summed E-state index contributed by atoms with van der Waals surface area (Å²) < 4.78 is 30.5. The zero-order valence-electron chi connectivity index (χ0n) is 15.7. The van der Waals surface area contributed by atoms with E-state index >= 15 is 0 Å². The molecule has 8 heteroatoms. The molecule has 0 radical (unpaired) electrons. The second-order valence-corrected chi connectivity index (χ2v) is 8.28. The van der Waals surface area contributed by atoms with E-state index in [2.05, 4.69) is 4.99 Å². The Labute approximate surface area is 159 Å². The Balaban J connectivity index is 2.66. The van der Waals surface area contributed by atoms with Crippen molar-refractivity contribution in [2.75, 3.05) is 6.26 Å². The van der Waals surface area contributed by atoms with E-state index in [-0.39, 0.29) is 16.2 Å². The first-order valence-electron chi connectivity index (χ1n) is 8.29. The maximum atomic E-state index is 12.3. The summed E-state index contributed by atoms with van der Waals surface area (Å²) in [5, 5.41) is 0. The predicted molar refractivity (Wildman–Crippen MR) is 105 cm³/mol. The molecule has 2 aromatic rings. The SMILES string of the molecule is CCc1cc(Oc2ccc(C)cc2C)c(S(C)(=O)=O)cc1C(=O)N=C(N)N. The first kappa shape index (κ1) is 20.4. The highest BCUT2D eigenvalue weighted by molar-refractivity contribution is 7.90. The lowest BCUT2D eigenvalue weighted by atomic mass is 10.0. The van der Waals surface area contributed by atoms with E-state index in [1.165, 1.54) is 6.07 Å². The number of carbonyl (C=O) groups is 1. The summed E-state index contributed by atoms with van der Waals surface area (Å²) >= 11 is 0. The molecule has 0 heterocycles. The van der Waals surface area contributed by atoms with Gasteiger partial charge < -0.3 is 16.2 Å². The Hall–Kier alpha value is -2.87. The number of nitrogens with zero attached hydrogens (tertiary/aromatic N) is 1. The maximum Gasteiger partial charge on any atom is 0.280 e. The smallest absolute Gasteiger partial charge is 0.280 e. The van der Waals surface area contributed by atoms with E-state index < -0.39 is 21.7 Å². The fraction of sp³-hybridized carbons (Fsp3) is 0.263. The molecular weight excluding hydrogens is 366 g/mol. The summed E-state index contributed by atoms with van der Waals surface area (Å²) in [6.45, 7) is 5.67. The topological polar surface area (TPSA) is 125 Å². The van der Waals surface area contributed by atoms with Gasteiger partial charge in [-0.3, -0.25) is 4.79 Å². The van der Waals surface area contributed by atoms with Crippen LogP contribution >= 0.6 is 0 Å². The van der Waals surface area contributed by atoms with Crippen molar-refractivity contribution < 1.29 is 17.9 Å². The van der Waals surface area contributed by atoms with E-state index in [1.54, 1.807) is 12.1 Å². The Bertz CT molecular complexity index is 1020. The van der Waals surface area contributed by atoms with E-state index in [9.17, 15) is 13.2 Å². The molecule has 2 aromatic carbocycles. The molecule has 0 aromatic heterocycles. The number of amides is 1.